The van der Waals surface area contributed by atoms with Crippen molar-refractivity contribution < 1.29 is 9.47 Å². The van der Waals surface area contributed by atoms with Crippen molar-refractivity contribution >= 4 is 0 Å². The lowest BCUT2D eigenvalue weighted by Crippen LogP contribution is -2.15. The van der Waals surface area contributed by atoms with Gasteiger partial charge in [0.15, 0.2) is 0 Å². The number of hydrogen-bond acceptors (Lipinski definition) is 4. The highest BCUT2D eigenvalue weighted by molar-refractivity contribution is 5.29. The Hall–Kier alpha value is -1.13. The summed E-state index contributed by atoms with van der Waals surface area (Å²) >= 11 is 0. The smallest absolute Gasteiger partial charge is 0.142 e. The number of hydrogen-bond donors (Lipinski definition) is 1. The summed E-state index contributed by atoms with van der Waals surface area (Å²) in [5, 5.41) is 3.36. The second kappa shape index (κ2) is 9.85. The van der Waals surface area contributed by atoms with Crippen molar-refractivity contribution in [3.63, 3.8) is 0 Å². The highest BCUT2D eigenvalue weighted by atomic mass is 16.5. The molecule has 0 bridgehead atoms. The maximum Gasteiger partial charge on any atom is 0.142 e. The van der Waals surface area contributed by atoms with E-state index in [9.17, 15) is 0 Å². The maximum absolute atomic E-state index is 5.69. The van der Waals surface area contributed by atoms with E-state index < -0.39 is 0 Å². The number of ether oxygens (including phenoxy) is 2. The lowest BCUT2D eigenvalue weighted by molar-refractivity contribution is 0.100. The van der Waals surface area contributed by atoms with Crippen LogP contribution in [0.3, 0.4) is 0 Å². The molecule has 18 heavy (non-hydrogen) atoms. The van der Waals surface area contributed by atoms with Crippen LogP contribution in [-0.2, 0) is 11.3 Å². The molecular formula is C14H24N2O2. The molecule has 0 unspecified atom stereocenters. The van der Waals surface area contributed by atoms with Gasteiger partial charge in [-0.3, -0.25) is 4.98 Å². The zero-order valence-corrected chi connectivity index (χ0v) is 11.4. The van der Waals surface area contributed by atoms with Crippen molar-refractivity contribution in [1.29, 1.82) is 0 Å². The molecular weight excluding hydrogens is 228 g/mol. The molecule has 0 saturated heterocycles. The second-order valence-corrected chi connectivity index (χ2v) is 4.12. The van der Waals surface area contributed by atoms with E-state index in [2.05, 4.69) is 24.1 Å². The van der Waals surface area contributed by atoms with Crippen LogP contribution < -0.4 is 10.1 Å². The number of aromatic nitrogens is 1. The topological polar surface area (TPSA) is 43.4 Å². The Balaban J connectivity index is 2.33. The van der Waals surface area contributed by atoms with E-state index in [1.54, 1.807) is 12.4 Å². The normalized spacial score (nSPS) is 10.6. The fourth-order valence-corrected chi connectivity index (χ4v) is 1.54. The first-order chi connectivity index (χ1) is 8.88. The summed E-state index contributed by atoms with van der Waals surface area (Å²) < 4.78 is 11.1. The van der Waals surface area contributed by atoms with E-state index in [1.165, 1.54) is 0 Å². The minimum Gasteiger partial charge on any atom is -0.489 e. The highest BCUT2D eigenvalue weighted by Crippen LogP contribution is 2.15. The van der Waals surface area contributed by atoms with Crippen molar-refractivity contribution in [3.05, 3.63) is 24.0 Å². The summed E-state index contributed by atoms with van der Waals surface area (Å²) in [6.07, 6.45) is 5.73. The molecule has 1 rings (SSSR count). The van der Waals surface area contributed by atoms with Crippen molar-refractivity contribution in [2.24, 2.45) is 0 Å². The van der Waals surface area contributed by atoms with Gasteiger partial charge in [-0.15, -0.1) is 0 Å². The lowest BCUT2D eigenvalue weighted by atomic mass is 10.2. The van der Waals surface area contributed by atoms with Gasteiger partial charge in [-0.2, -0.15) is 0 Å². The molecule has 0 aliphatic rings. The molecule has 1 heterocycles. The summed E-state index contributed by atoms with van der Waals surface area (Å²) in [7, 11) is 0. The van der Waals surface area contributed by atoms with Crippen LogP contribution in [0.5, 0.6) is 5.75 Å². The van der Waals surface area contributed by atoms with E-state index in [4.69, 9.17) is 9.47 Å². The van der Waals surface area contributed by atoms with Gasteiger partial charge in [0, 0.05) is 24.9 Å². The zero-order valence-electron chi connectivity index (χ0n) is 11.4. The lowest BCUT2D eigenvalue weighted by Gasteiger charge is -2.11. The second-order valence-electron chi connectivity index (χ2n) is 4.12. The molecule has 0 fully saturated rings. The molecule has 1 aromatic rings. The van der Waals surface area contributed by atoms with Crippen molar-refractivity contribution in [2.45, 2.75) is 33.2 Å². The van der Waals surface area contributed by atoms with Crippen molar-refractivity contribution in [1.82, 2.24) is 10.3 Å². The van der Waals surface area contributed by atoms with Crippen LogP contribution in [0.2, 0.25) is 0 Å². The molecule has 0 radical (unpaired) electrons. The summed E-state index contributed by atoms with van der Waals surface area (Å²) in [6, 6.07) is 1.99. The number of nitrogens with zero attached hydrogens (tertiary/aromatic N) is 1. The monoisotopic (exact) mass is 252 g/mol. The molecule has 1 N–H and O–H groups in total. The third-order valence-electron chi connectivity index (χ3n) is 2.45. The molecule has 102 valence electrons. The molecule has 0 atom stereocenters. The Morgan fingerprint density at radius 2 is 2.06 bits per heavy atom. The summed E-state index contributed by atoms with van der Waals surface area (Å²) in [5.41, 5.74) is 1.15. The van der Waals surface area contributed by atoms with Gasteiger partial charge in [-0.1, -0.05) is 13.8 Å². The van der Waals surface area contributed by atoms with Gasteiger partial charge in [0.2, 0.25) is 0 Å². The van der Waals surface area contributed by atoms with Crippen LogP contribution in [-0.4, -0.2) is 31.3 Å². The predicted octanol–water partition coefficient (Wildman–Crippen LogP) is 2.39. The number of rotatable bonds is 10. The predicted molar refractivity (Wildman–Crippen MR) is 72.8 cm³/mol. The minimum atomic E-state index is 0.576. The SMILES string of the molecule is CCCNCc1ccncc1OCCOCCC. The van der Waals surface area contributed by atoms with Crippen LogP contribution in [0.15, 0.2) is 18.5 Å². The standard InChI is InChI=1S/C14H24N2O2/c1-3-6-15-11-13-5-7-16-12-14(13)18-10-9-17-8-4-2/h5,7,12,15H,3-4,6,8-11H2,1-2H3. The molecule has 0 aliphatic carbocycles. The van der Waals surface area contributed by atoms with Crippen LogP contribution in [0, 0.1) is 0 Å². The van der Waals surface area contributed by atoms with Crippen molar-refractivity contribution in [3.8, 4) is 5.75 Å². The largest absolute Gasteiger partial charge is 0.489 e. The van der Waals surface area contributed by atoms with Gasteiger partial charge in [-0.25, -0.2) is 0 Å². The quantitative estimate of drug-likeness (QED) is 0.649. The van der Waals surface area contributed by atoms with Crippen LogP contribution in [0.1, 0.15) is 32.3 Å². The Labute approximate surface area is 110 Å². The first kappa shape index (κ1) is 14.9. The summed E-state index contributed by atoms with van der Waals surface area (Å²) in [6.45, 7) is 8.09. The molecule has 0 spiro atoms. The Kier molecular flexibility index (Phi) is 8.17. The first-order valence-corrected chi connectivity index (χ1v) is 6.72. The average Bonchev–Trinajstić information content (AvgIpc) is 2.40. The van der Waals surface area contributed by atoms with E-state index in [1.807, 2.05) is 6.07 Å². The maximum atomic E-state index is 5.69. The number of pyridine rings is 1. The van der Waals surface area contributed by atoms with Gasteiger partial charge in [0.1, 0.15) is 12.4 Å². The first-order valence-electron chi connectivity index (χ1n) is 6.72. The Morgan fingerprint density at radius 1 is 1.17 bits per heavy atom. The van der Waals surface area contributed by atoms with E-state index in [0.29, 0.717) is 13.2 Å². The van der Waals surface area contributed by atoms with Crippen LogP contribution in [0.4, 0.5) is 0 Å². The number of nitrogens with one attached hydrogen (secondary N) is 1. The van der Waals surface area contributed by atoms with Gasteiger partial charge >= 0.3 is 0 Å². The van der Waals surface area contributed by atoms with Crippen LogP contribution >= 0.6 is 0 Å². The highest BCUT2D eigenvalue weighted by Gasteiger charge is 2.02. The third-order valence-corrected chi connectivity index (χ3v) is 2.45. The molecule has 0 aromatic carbocycles. The molecule has 4 nitrogen and oxygen atoms in total. The van der Waals surface area contributed by atoms with Crippen molar-refractivity contribution in [2.75, 3.05) is 26.4 Å². The Morgan fingerprint density at radius 3 is 2.83 bits per heavy atom. The molecule has 0 aliphatic heterocycles. The molecule has 4 heteroatoms. The zero-order chi connectivity index (χ0) is 13.1. The van der Waals surface area contributed by atoms with Crippen LogP contribution in [0.25, 0.3) is 0 Å². The van der Waals surface area contributed by atoms with Gasteiger partial charge in [-0.05, 0) is 25.5 Å². The van der Waals surface area contributed by atoms with Gasteiger partial charge < -0.3 is 14.8 Å². The molecule has 1 aromatic heterocycles. The fourth-order valence-electron chi connectivity index (χ4n) is 1.54. The van der Waals surface area contributed by atoms with Gasteiger partial charge in [0.05, 0.1) is 12.8 Å². The summed E-state index contributed by atoms with van der Waals surface area (Å²) in [5.74, 6) is 0.848. The van der Waals surface area contributed by atoms with E-state index in [-0.39, 0.29) is 0 Å². The molecule has 0 amide bonds. The third kappa shape index (κ3) is 5.98. The molecule has 0 saturated carbocycles. The van der Waals surface area contributed by atoms with E-state index in [0.717, 1.165) is 43.9 Å². The van der Waals surface area contributed by atoms with E-state index >= 15 is 0 Å². The minimum absolute atomic E-state index is 0.576. The summed E-state index contributed by atoms with van der Waals surface area (Å²) in [4.78, 5) is 4.10. The van der Waals surface area contributed by atoms with Gasteiger partial charge in [0.25, 0.3) is 0 Å². The Bertz CT molecular complexity index is 318. The average molecular weight is 252 g/mol. The fraction of sp³-hybridized carbons (Fsp3) is 0.643.